The van der Waals surface area contributed by atoms with E-state index in [1.807, 2.05) is 0 Å². The van der Waals surface area contributed by atoms with Crippen molar-refractivity contribution < 1.29 is 18.8 Å². The second-order valence-electron chi connectivity index (χ2n) is 7.08. The number of fused-ring (bicyclic) bond motifs is 1. The van der Waals surface area contributed by atoms with Gasteiger partial charge in [0.15, 0.2) is 5.75 Å². The highest BCUT2D eigenvalue weighted by atomic mass is 19.1. The molecule has 1 N–H and O–H groups in total. The van der Waals surface area contributed by atoms with Gasteiger partial charge < -0.3 is 14.5 Å². The van der Waals surface area contributed by atoms with Crippen LogP contribution in [0.15, 0.2) is 75.4 Å². The molecule has 0 amide bonds. The first-order valence-electron chi connectivity index (χ1n) is 9.89. The quantitative estimate of drug-likeness (QED) is 0.254. The van der Waals surface area contributed by atoms with Gasteiger partial charge in [0, 0.05) is 11.6 Å². The van der Waals surface area contributed by atoms with E-state index in [4.69, 9.17) is 9.47 Å². The molecule has 34 heavy (non-hydrogen) atoms. The number of ether oxygens (including phenoxy) is 2. The van der Waals surface area contributed by atoms with Gasteiger partial charge in [-0.3, -0.25) is 14.9 Å². The van der Waals surface area contributed by atoms with Crippen molar-refractivity contribution in [1.29, 1.82) is 0 Å². The summed E-state index contributed by atoms with van der Waals surface area (Å²) >= 11 is 0. The van der Waals surface area contributed by atoms with Crippen molar-refractivity contribution in [2.45, 2.75) is 6.61 Å². The largest absolute Gasteiger partial charge is 0.493 e. The Kier molecular flexibility index (Phi) is 6.17. The number of aromatic nitrogens is 2. The summed E-state index contributed by atoms with van der Waals surface area (Å²) in [5.74, 6) is -0.507. The van der Waals surface area contributed by atoms with E-state index in [0.717, 1.165) is 6.21 Å². The van der Waals surface area contributed by atoms with Gasteiger partial charge in [-0.05, 0) is 35.9 Å². The number of nitrogens with one attached hydrogen (secondary N) is 1. The van der Waals surface area contributed by atoms with E-state index < -0.39 is 27.7 Å². The number of methoxy groups -OCH3 is 1. The summed E-state index contributed by atoms with van der Waals surface area (Å²) in [5, 5.41) is 15.9. The van der Waals surface area contributed by atoms with Crippen molar-refractivity contribution in [1.82, 2.24) is 9.66 Å². The summed E-state index contributed by atoms with van der Waals surface area (Å²) < 4.78 is 24.6. The third-order valence-corrected chi connectivity index (χ3v) is 4.88. The zero-order chi connectivity index (χ0) is 24.2. The predicted molar refractivity (Wildman–Crippen MR) is 122 cm³/mol. The lowest BCUT2D eigenvalue weighted by Gasteiger charge is -2.12. The molecule has 0 bridgehead atoms. The second-order valence-corrected chi connectivity index (χ2v) is 7.08. The Balaban J connectivity index is 1.70. The zero-order valence-electron chi connectivity index (χ0n) is 17.7. The number of H-pyrrole nitrogens is 1. The lowest BCUT2D eigenvalue weighted by Crippen LogP contribution is -2.32. The summed E-state index contributed by atoms with van der Waals surface area (Å²) in [6.07, 6.45) is 1.13. The SMILES string of the molecule is COc1cc(C=Nn2c(=O)[nH]c3ccccc3c2=O)cc([N+](=O)[O-])c1OCc1ccc(F)cc1. The summed E-state index contributed by atoms with van der Waals surface area (Å²) in [6.45, 7) is -0.0627. The summed E-state index contributed by atoms with van der Waals surface area (Å²) in [5.41, 5.74) is -0.668. The number of nitro groups is 1. The molecule has 3 aromatic carbocycles. The maximum atomic E-state index is 13.1. The molecule has 0 unspecified atom stereocenters. The fourth-order valence-corrected chi connectivity index (χ4v) is 3.23. The van der Waals surface area contributed by atoms with Crippen LogP contribution in [0.4, 0.5) is 10.1 Å². The molecule has 0 radical (unpaired) electrons. The van der Waals surface area contributed by atoms with E-state index in [-0.39, 0.29) is 29.1 Å². The molecule has 4 aromatic rings. The van der Waals surface area contributed by atoms with Gasteiger partial charge in [-0.2, -0.15) is 5.10 Å². The highest BCUT2D eigenvalue weighted by molar-refractivity contribution is 5.83. The Bertz CT molecular complexity index is 1530. The van der Waals surface area contributed by atoms with Crippen molar-refractivity contribution in [2.75, 3.05) is 7.11 Å². The van der Waals surface area contributed by atoms with Crippen LogP contribution >= 0.6 is 0 Å². The molecule has 1 aromatic heterocycles. The number of nitrogens with zero attached hydrogens (tertiary/aromatic N) is 3. The zero-order valence-corrected chi connectivity index (χ0v) is 17.7. The highest BCUT2D eigenvalue weighted by Crippen LogP contribution is 2.38. The van der Waals surface area contributed by atoms with E-state index in [1.165, 1.54) is 43.5 Å². The lowest BCUT2D eigenvalue weighted by atomic mass is 10.1. The fourth-order valence-electron chi connectivity index (χ4n) is 3.23. The number of para-hydroxylation sites is 1. The Morgan fingerprint density at radius 1 is 1.15 bits per heavy atom. The fraction of sp³-hybridized carbons (Fsp3) is 0.0870. The van der Waals surface area contributed by atoms with Crippen molar-refractivity contribution in [2.24, 2.45) is 5.10 Å². The van der Waals surface area contributed by atoms with Crippen molar-refractivity contribution in [3.63, 3.8) is 0 Å². The first-order valence-corrected chi connectivity index (χ1v) is 9.89. The van der Waals surface area contributed by atoms with Crippen LogP contribution < -0.4 is 20.7 Å². The van der Waals surface area contributed by atoms with Gasteiger partial charge in [0.1, 0.15) is 12.4 Å². The Labute approximate surface area is 190 Å². The molecule has 0 atom stereocenters. The molecule has 0 aliphatic carbocycles. The highest BCUT2D eigenvalue weighted by Gasteiger charge is 2.22. The average Bonchev–Trinajstić information content (AvgIpc) is 2.83. The van der Waals surface area contributed by atoms with Gasteiger partial charge >= 0.3 is 11.4 Å². The minimum Gasteiger partial charge on any atom is -0.493 e. The summed E-state index contributed by atoms with van der Waals surface area (Å²) in [4.78, 5) is 38.5. The van der Waals surface area contributed by atoms with Crippen molar-refractivity contribution in [3.8, 4) is 11.5 Å². The van der Waals surface area contributed by atoms with E-state index in [1.54, 1.807) is 24.3 Å². The third-order valence-electron chi connectivity index (χ3n) is 4.88. The molecule has 0 aliphatic rings. The molecular weight excluding hydrogens is 447 g/mol. The maximum absolute atomic E-state index is 13.1. The van der Waals surface area contributed by atoms with Crippen LogP contribution in [-0.2, 0) is 6.61 Å². The van der Waals surface area contributed by atoms with Crippen LogP contribution in [0.1, 0.15) is 11.1 Å². The minimum absolute atomic E-state index is 0.0394. The van der Waals surface area contributed by atoms with Gasteiger partial charge in [0.05, 0.1) is 29.2 Å². The number of nitro benzene ring substituents is 1. The minimum atomic E-state index is -0.763. The predicted octanol–water partition coefficient (Wildman–Crippen LogP) is 3.21. The number of hydrogen-bond donors (Lipinski definition) is 1. The van der Waals surface area contributed by atoms with Gasteiger partial charge in [-0.15, -0.1) is 4.68 Å². The van der Waals surface area contributed by atoms with E-state index in [9.17, 15) is 24.1 Å². The molecule has 10 nitrogen and oxygen atoms in total. The number of hydrogen-bond acceptors (Lipinski definition) is 7. The van der Waals surface area contributed by atoms with E-state index >= 15 is 0 Å². The molecule has 1 heterocycles. The number of halogens is 1. The topological polar surface area (TPSA) is 129 Å². The Morgan fingerprint density at radius 2 is 1.88 bits per heavy atom. The van der Waals surface area contributed by atoms with Gasteiger partial charge in [0.25, 0.3) is 5.56 Å². The first kappa shape index (κ1) is 22.4. The summed E-state index contributed by atoms with van der Waals surface area (Å²) in [7, 11) is 1.31. The molecule has 0 aliphatic heterocycles. The first-order chi connectivity index (χ1) is 16.4. The smallest absolute Gasteiger partial charge is 0.349 e. The van der Waals surface area contributed by atoms with Crippen LogP contribution in [-0.4, -0.2) is 27.9 Å². The lowest BCUT2D eigenvalue weighted by molar-refractivity contribution is -0.386. The number of benzene rings is 3. The second kappa shape index (κ2) is 9.36. The third kappa shape index (κ3) is 4.53. The Morgan fingerprint density at radius 3 is 2.59 bits per heavy atom. The van der Waals surface area contributed by atoms with E-state index in [2.05, 4.69) is 10.1 Å². The van der Waals surface area contributed by atoms with Gasteiger partial charge in [-0.1, -0.05) is 24.3 Å². The van der Waals surface area contributed by atoms with Gasteiger partial charge in [0.2, 0.25) is 5.75 Å². The molecule has 4 rings (SSSR count). The van der Waals surface area contributed by atoms with Crippen molar-refractivity contribution >= 4 is 22.8 Å². The van der Waals surface area contributed by atoms with Crippen LogP contribution in [0.3, 0.4) is 0 Å². The van der Waals surface area contributed by atoms with Crippen LogP contribution in [0.2, 0.25) is 0 Å². The molecular formula is C23H17FN4O6. The van der Waals surface area contributed by atoms with E-state index in [0.29, 0.717) is 15.8 Å². The molecule has 0 saturated heterocycles. The molecule has 0 spiro atoms. The van der Waals surface area contributed by atoms with Crippen LogP contribution in [0.25, 0.3) is 10.9 Å². The molecule has 0 fully saturated rings. The van der Waals surface area contributed by atoms with Crippen LogP contribution in [0, 0.1) is 15.9 Å². The molecule has 0 saturated carbocycles. The number of aromatic amines is 1. The van der Waals surface area contributed by atoms with Crippen molar-refractivity contribution in [3.05, 3.63) is 109 Å². The number of rotatable bonds is 7. The Hall–Kier alpha value is -4.80. The standard InChI is InChI=1S/C23H17FN4O6/c1-33-20-11-15(12-25-27-22(29)17-4-2-3-5-18(17)26-23(27)30)10-19(28(31)32)21(20)34-13-14-6-8-16(24)9-7-14/h2-12H,13H2,1H3,(H,26,30). The van der Waals surface area contributed by atoms with Gasteiger partial charge in [-0.25, -0.2) is 9.18 Å². The summed E-state index contributed by atoms with van der Waals surface area (Å²) in [6, 6.07) is 14.5. The normalized spacial score (nSPS) is 11.1. The maximum Gasteiger partial charge on any atom is 0.349 e. The molecule has 11 heteroatoms. The molecule has 172 valence electrons. The average molecular weight is 464 g/mol. The monoisotopic (exact) mass is 464 g/mol. The van der Waals surface area contributed by atoms with Crippen LogP contribution in [0.5, 0.6) is 11.5 Å².